The summed E-state index contributed by atoms with van der Waals surface area (Å²) in [5, 5.41) is 0. The van der Waals surface area contributed by atoms with Crippen LogP contribution in [-0.4, -0.2) is 6.18 Å². The van der Waals surface area contributed by atoms with E-state index >= 15 is 0 Å². The molecular formula is C8H8BrClF3N. The van der Waals surface area contributed by atoms with Crippen molar-refractivity contribution in [1.82, 2.24) is 0 Å². The van der Waals surface area contributed by atoms with Crippen molar-refractivity contribution in [2.24, 2.45) is 5.73 Å². The summed E-state index contributed by atoms with van der Waals surface area (Å²) in [4.78, 5) is 0. The minimum Gasteiger partial charge on any atom is -0.316 e. The lowest BCUT2D eigenvalue weighted by Crippen LogP contribution is -2.28. The first kappa shape index (κ1) is 13.7. The molecule has 6 heteroatoms. The summed E-state index contributed by atoms with van der Waals surface area (Å²) < 4.78 is 37.0. The molecule has 0 saturated heterocycles. The van der Waals surface area contributed by atoms with Crippen molar-refractivity contribution in [1.29, 1.82) is 0 Å². The molecule has 1 nitrogen and oxygen atoms in total. The minimum atomic E-state index is -4.38. The van der Waals surface area contributed by atoms with Gasteiger partial charge in [-0.1, -0.05) is 28.1 Å². The van der Waals surface area contributed by atoms with E-state index in [9.17, 15) is 13.2 Å². The van der Waals surface area contributed by atoms with Gasteiger partial charge < -0.3 is 5.73 Å². The fourth-order valence-corrected chi connectivity index (χ4v) is 1.12. The van der Waals surface area contributed by atoms with Gasteiger partial charge in [0.1, 0.15) is 6.04 Å². The van der Waals surface area contributed by atoms with Gasteiger partial charge >= 0.3 is 6.18 Å². The monoisotopic (exact) mass is 289 g/mol. The van der Waals surface area contributed by atoms with Crippen LogP contribution in [0.5, 0.6) is 0 Å². The molecule has 80 valence electrons. The Morgan fingerprint density at radius 2 is 1.57 bits per heavy atom. The van der Waals surface area contributed by atoms with Crippen LogP contribution in [0.15, 0.2) is 28.7 Å². The molecule has 1 rings (SSSR count). The number of rotatable bonds is 1. The molecule has 0 aromatic heterocycles. The zero-order chi connectivity index (χ0) is 10.1. The first-order chi connectivity index (χ1) is 5.91. The molecule has 0 amide bonds. The average Bonchev–Trinajstić information content (AvgIpc) is 2.03. The standard InChI is InChI=1S/C8H7BrF3N.ClH/c9-6-3-1-5(2-4-6)7(13)8(10,11)12;/h1-4,7H,13H2;1H/t7-;/m1./s1. The molecule has 0 saturated carbocycles. The Balaban J connectivity index is 0.00000169. The average molecular weight is 291 g/mol. The molecule has 0 aliphatic rings. The van der Waals surface area contributed by atoms with Crippen LogP contribution in [0.3, 0.4) is 0 Å². The molecule has 0 unspecified atom stereocenters. The molecule has 1 aromatic carbocycles. The van der Waals surface area contributed by atoms with Crippen LogP contribution in [0.25, 0.3) is 0 Å². The number of nitrogens with two attached hydrogens (primary N) is 1. The molecular weight excluding hydrogens is 282 g/mol. The summed E-state index contributed by atoms with van der Waals surface area (Å²) in [5.74, 6) is 0. The Morgan fingerprint density at radius 3 is 1.93 bits per heavy atom. The van der Waals surface area contributed by atoms with Gasteiger partial charge in [-0.15, -0.1) is 12.4 Å². The van der Waals surface area contributed by atoms with Gasteiger partial charge in [-0.2, -0.15) is 13.2 Å². The number of halogens is 5. The van der Waals surface area contributed by atoms with E-state index in [4.69, 9.17) is 5.73 Å². The van der Waals surface area contributed by atoms with Crippen molar-refractivity contribution in [2.75, 3.05) is 0 Å². The first-order valence-electron chi connectivity index (χ1n) is 3.49. The first-order valence-corrected chi connectivity index (χ1v) is 4.28. The van der Waals surface area contributed by atoms with Crippen LogP contribution in [0.1, 0.15) is 11.6 Å². The summed E-state index contributed by atoms with van der Waals surface area (Å²) in [5.41, 5.74) is 5.05. The normalized spacial score (nSPS) is 13.2. The van der Waals surface area contributed by atoms with Crippen LogP contribution >= 0.6 is 28.3 Å². The molecule has 0 aliphatic carbocycles. The smallest absolute Gasteiger partial charge is 0.316 e. The van der Waals surface area contributed by atoms with Crippen molar-refractivity contribution in [2.45, 2.75) is 12.2 Å². The van der Waals surface area contributed by atoms with E-state index in [2.05, 4.69) is 15.9 Å². The van der Waals surface area contributed by atoms with Crippen molar-refractivity contribution in [3.63, 3.8) is 0 Å². The van der Waals surface area contributed by atoms with Crippen LogP contribution < -0.4 is 5.73 Å². The minimum absolute atomic E-state index is 0. The Labute approximate surface area is 94.0 Å². The molecule has 0 fully saturated rings. The van der Waals surface area contributed by atoms with Crippen molar-refractivity contribution >= 4 is 28.3 Å². The second kappa shape index (κ2) is 5.00. The maximum Gasteiger partial charge on any atom is 0.407 e. The molecule has 1 aromatic rings. The lowest BCUT2D eigenvalue weighted by molar-refractivity contribution is -0.149. The molecule has 0 radical (unpaired) electrons. The van der Waals surface area contributed by atoms with Crippen LogP contribution in [0, 0.1) is 0 Å². The van der Waals surface area contributed by atoms with Crippen LogP contribution in [-0.2, 0) is 0 Å². The molecule has 0 heterocycles. The van der Waals surface area contributed by atoms with Gasteiger partial charge in [0.15, 0.2) is 0 Å². The summed E-state index contributed by atoms with van der Waals surface area (Å²) in [7, 11) is 0. The third-order valence-corrected chi connectivity index (χ3v) is 2.11. The van der Waals surface area contributed by atoms with Gasteiger partial charge in [0.2, 0.25) is 0 Å². The lowest BCUT2D eigenvalue weighted by Gasteiger charge is -2.15. The Hall–Kier alpha value is -0.260. The summed E-state index contributed by atoms with van der Waals surface area (Å²) in [6, 6.07) is 3.85. The topological polar surface area (TPSA) is 26.0 Å². The highest BCUT2D eigenvalue weighted by atomic mass is 79.9. The van der Waals surface area contributed by atoms with Crippen LogP contribution in [0.4, 0.5) is 13.2 Å². The van der Waals surface area contributed by atoms with E-state index in [0.717, 1.165) is 4.47 Å². The summed E-state index contributed by atoms with van der Waals surface area (Å²) in [6.45, 7) is 0. The molecule has 1 atom stereocenters. The SMILES string of the molecule is Cl.N[C@H](c1ccc(Br)cc1)C(F)(F)F. The second-order valence-corrected chi connectivity index (χ2v) is 3.49. The van der Waals surface area contributed by atoms with E-state index in [1.807, 2.05) is 0 Å². The fourth-order valence-electron chi connectivity index (χ4n) is 0.859. The van der Waals surface area contributed by atoms with E-state index in [1.165, 1.54) is 24.3 Å². The van der Waals surface area contributed by atoms with E-state index in [-0.39, 0.29) is 18.0 Å². The van der Waals surface area contributed by atoms with Gasteiger partial charge in [-0.3, -0.25) is 0 Å². The quantitative estimate of drug-likeness (QED) is 0.842. The molecule has 0 bridgehead atoms. The Bertz CT molecular complexity index is 286. The predicted molar refractivity (Wildman–Crippen MR) is 54.4 cm³/mol. The number of benzene rings is 1. The van der Waals surface area contributed by atoms with Gasteiger partial charge in [0, 0.05) is 4.47 Å². The summed E-state index contributed by atoms with van der Waals surface area (Å²) in [6.07, 6.45) is -4.38. The maximum absolute atomic E-state index is 12.1. The molecule has 0 aliphatic heterocycles. The molecule has 2 N–H and O–H groups in total. The maximum atomic E-state index is 12.1. The lowest BCUT2D eigenvalue weighted by atomic mass is 10.1. The number of hydrogen-bond acceptors (Lipinski definition) is 1. The van der Waals surface area contributed by atoms with Gasteiger partial charge in [-0.05, 0) is 17.7 Å². The third kappa shape index (κ3) is 3.48. The zero-order valence-electron chi connectivity index (χ0n) is 6.88. The highest BCUT2D eigenvalue weighted by Crippen LogP contribution is 2.30. The van der Waals surface area contributed by atoms with E-state index in [1.54, 1.807) is 0 Å². The number of alkyl halides is 3. The Morgan fingerprint density at radius 1 is 1.14 bits per heavy atom. The largest absolute Gasteiger partial charge is 0.407 e. The van der Waals surface area contributed by atoms with Crippen molar-refractivity contribution in [3.05, 3.63) is 34.3 Å². The van der Waals surface area contributed by atoms with Gasteiger partial charge in [0.05, 0.1) is 0 Å². The van der Waals surface area contributed by atoms with Crippen molar-refractivity contribution in [3.8, 4) is 0 Å². The van der Waals surface area contributed by atoms with E-state index in [0.29, 0.717) is 0 Å². The van der Waals surface area contributed by atoms with Gasteiger partial charge in [-0.25, -0.2) is 0 Å². The highest BCUT2D eigenvalue weighted by molar-refractivity contribution is 9.10. The van der Waals surface area contributed by atoms with Crippen molar-refractivity contribution < 1.29 is 13.2 Å². The Kier molecular flexibility index (Phi) is 4.91. The summed E-state index contributed by atoms with van der Waals surface area (Å²) >= 11 is 3.12. The highest BCUT2D eigenvalue weighted by Gasteiger charge is 2.37. The second-order valence-electron chi connectivity index (χ2n) is 2.57. The zero-order valence-corrected chi connectivity index (χ0v) is 9.29. The molecule has 14 heavy (non-hydrogen) atoms. The third-order valence-electron chi connectivity index (χ3n) is 1.58. The number of hydrogen-bond donors (Lipinski definition) is 1. The van der Waals surface area contributed by atoms with Gasteiger partial charge in [0.25, 0.3) is 0 Å². The van der Waals surface area contributed by atoms with E-state index < -0.39 is 12.2 Å². The fraction of sp³-hybridized carbons (Fsp3) is 0.250. The molecule has 0 spiro atoms. The predicted octanol–water partition coefficient (Wildman–Crippen LogP) is 3.43. The van der Waals surface area contributed by atoms with Crippen LogP contribution in [0.2, 0.25) is 0 Å².